The van der Waals surface area contributed by atoms with Crippen molar-refractivity contribution in [3.05, 3.63) is 0 Å². The van der Waals surface area contributed by atoms with E-state index < -0.39 is 48.6 Å². The molecule has 0 aromatic heterocycles. The predicted molar refractivity (Wildman–Crippen MR) is 63.2 cm³/mol. The minimum atomic E-state index is -1.48. The average molecular weight is 290 g/mol. The van der Waals surface area contributed by atoms with Crippen molar-refractivity contribution in [2.75, 3.05) is 0 Å². The maximum atomic E-state index is 11.2. The highest BCUT2D eigenvalue weighted by Crippen LogP contribution is 2.27. The number of aliphatic hydroxyl groups is 1. The summed E-state index contributed by atoms with van der Waals surface area (Å²) in [6.07, 6.45) is -5.60. The van der Waals surface area contributed by atoms with Gasteiger partial charge in [0.2, 0.25) is 0 Å². The first-order valence-electron chi connectivity index (χ1n) is 6.07. The lowest BCUT2D eigenvalue weighted by Crippen LogP contribution is -2.60. The number of esters is 3. The van der Waals surface area contributed by atoms with Gasteiger partial charge in [0.15, 0.2) is 24.6 Å². The van der Waals surface area contributed by atoms with Crippen LogP contribution in [-0.4, -0.2) is 53.7 Å². The molecule has 8 nitrogen and oxygen atoms in total. The number of ether oxygens (including phenoxy) is 4. The molecule has 0 spiro atoms. The molecule has 1 aliphatic rings. The largest absolute Gasteiger partial charge is 0.456 e. The lowest BCUT2D eigenvalue weighted by molar-refractivity contribution is -0.288. The van der Waals surface area contributed by atoms with Crippen LogP contribution in [0.5, 0.6) is 0 Å². The Labute approximate surface area is 115 Å². The Morgan fingerprint density at radius 1 is 0.850 bits per heavy atom. The van der Waals surface area contributed by atoms with Crippen molar-refractivity contribution >= 4 is 17.9 Å². The Hall–Kier alpha value is -1.67. The van der Waals surface area contributed by atoms with Crippen LogP contribution in [0.3, 0.4) is 0 Å². The summed E-state index contributed by atoms with van der Waals surface area (Å²) in [7, 11) is 0. The highest BCUT2D eigenvalue weighted by atomic mass is 16.7. The fourth-order valence-corrected chi connectivity index (χ4v) is 1.99. The maximum absolute atomic E-state index is 11.2. The topological polar surface area (TPSA) is 108 Å². The molecule has 1 rings (SSSR count). The van der Waals surface area contributed by atoms with Crippen LogP contribution < -0.4 is 0 Å². The van der Waals surface area contributed by atoms with Gasteiger partial charge in [-0.1, -0.05) is 0 Å². The Balaban J connectivity index is 3.01. The second kappa shape index (κ2) is 6.67. The average Bonchev–Trinajstić information content (AvgIpc) is 2.27. The molecule has 1 aliphatic heterocycles. The molecule has 1 heterocycles. The Morgan fingerprint density at radius 2 is 1.25 bits per heavy atom. The van der Waals surface area contributed by atoms with Gasteiger partial charge in [-0.05, 0) is 6.92 Å². The van der Waals surface area contributed by atoms with Crippen LogP contribution in [0.2, 0.25) is 0 Å². The van der Waals surface area contributed by atoms with Gasteiger partial charge in [-0.2, -0.15) is 0 Å². The highest BCUT2D eigenvalue weighted by Gasteiger charge is 2.49. The number of hydrogen-bond acceptors (Lipinski definition) is 8. The van der Waals surface area contributed by atoms with E-state index in [0.29, 0.717) is 0 Å². The number of rotatable bonds is 3. The first kappa shape index (κ1) is 16.4. The minimum absolute atomic E-state index is 0.611. The van der Waals surface area contributed by atoms with Gasteiger partial charge < -0.3 is 24.1 Å². The van der Waals surface area contributed by atoms with Crippen LogP contribution in [0.25, 0.3) is 0 Å². The summed E-state index contributed by atoms with van der Waals surface area (Å²) >= 11 is 0. The lowest BCUT2D eigenvalue weighted by Gasteiger charge is -2.41. The Kier molecular flexibility index (Phi) is 5.46. The summed E-state index contributed by atoms with van der Waals surface area (Å²) in [5.74, 6) is -1.96. The van der Waals surface area contributed by atoms with Crippen molar-refractivity contribution in [1.82, 2.24) is 0 Å². The summed E-state index contributed by atoms with van der Waals surface area (Å²) in [6, 6.07) is 0. The summed E-state index contributed by atoms with van der Waals surface area (Å²) in [5, 5.41) is 9.79. The minimum Gasteiger partial charge on any atom is -0.456 e. The molecule has 0 amide bonds. The Morgan fingerprint density at radius 3 is 1.70 bits per heavy atom. The van der Waals surface area contributed by atoms with E-state index in [1.165, 1.54) is 13.8 Å². The van der Waals surface area contributed by atoms with Crippen molar-refractivity contribution in [2.24, 2.45) is 0 Å². The third kappa shape index (κ3) is 4.17. The fourth-order valence-electron chi connectivity index (χ4n) is 1.99. The van der Waals surface area contributed by atoms with Gasteiger partial charge in [-0.15, -0.1) is 0 Å². The molecule has 0 bridgehead atoms. The molecule has 8 heteroatoms. The van der Waals surface area contributed by atoms with E-state index >= 15 is 0 Å². The first-order valence-corrected chi connectivity index (χ1v) is 6.07. The third-order valence-corrected chi connectivity index (χ3v) is 2.65. The fraction of sp³-hybridized carbons (Fsp3) is 0.750. The van der Waals surface area contributed by atoms with E-state index in [4.69, 9.17) is 18.9 Å². The van der Waals surface area contributed by atoms with Crippen LogP contribution in [0.4, 0.5) is 0 Å². The molecule has 0 radical (unpaired) electrons. The van der Waals surface area contributed by atoms with Gasteiger partial charge in [-0.25, -0.2) is 0 Å². The summed E-state index contributed by atoms with van der Waals surface area (Å²) in [4.78, 5) is 33.3. The SMILES string of the molecule is CC(=O)O[C@H]1[C@H](OC(C)=O)[C@@H](OC(C)=O)C(O)O[C@@H]1C. The van der Waals surface area contributed by atoms with Crippen molar-refractivity contribution in [2.45, 2.75) is 58.4 Å². The quantitative estimate of drug-likeness (QED) is 0.548. The summed E-state index contributed by atoms with van der Waals surface area (Å²) in [6.45, 7) is 5.01. The van der Waals surface area contributed by atoms with Crippen molar-refractivity contribution < 1.29 is 38.4 Å². The molecule has 5 atom stereocenters. The molecule has 0 saturated carbocycles. The predicted octanol–water partition coefficient (Wildman–Crippen LogP) is -0.481. The summed E-state index contributed by atoms with van der Waals surface area (Å²) < 4.78 is 20.1. The van der Waals surface area contributed by atoms with Crippen molar-refractivity contribution in [3.63, 3.8) is 0 Å². The molecular formula is C12H18O8. The molecule has 0 aliphatic carbocycles. The smallest absolute Gasteiger partial charge is 0.303 e. The van der Waals surface area contributed by atoms with Gasteiger partial charge in [-0.3, -0.25) is 14.4 Å². The highest BCUT2D eigenvalue weighted by molar-refractivity contribution is 5.68. The second-order valence-electron chi connectivity index (χ2n) is 4.45. The van der Waals surface area contributed by atoms with Crippen LogP contribution in [-0.2, 0) is 33.3 Å². The Bertz CT molecular complexity index is 365. The molecule has 1 N–H and O–H groups in total. The lowest BCUT2D eigenvalue weighted by atomic mass is 9.99. The molecule has 0 aromatic rings. The van der Waals surface area contributed by atoms with E-state index in [9.17, 15) is 19.5 Å². The van der Waals surface area contributed by atoms with Crippen LogP contribution in [0.15, 0.2) is 0 Å². The molecule has 1 fully saturated rings. The molecule has 0 aromatic carbocycles. The monoisotopic (exact) mass is 290 g/mol. The maximum Gasteiger partial charge on any atom is 0.303 e. The normalized spacial score (nSPS) is 33.1. The first-order chi connectivity index (χ1) is 9.22. The number of carbonyl (C=O) groups is 3. The molecule has 20 heavy (non-hydrogen) atoms. The molecule has 1 unspecified atom stereocenters. The van der Waals surface area contributed by atoms with Crippen LogP contribution in [0, 0.1) is 0 Å². The zero-order chi connectivity index (χ0) is 15.4. The van der Waals surface area contributed by atoms with Crippen LogP contribution in [0.1, 0.15) is 27.7 Å². The van der Waals surface area contributed by atoms with Gasteiger partial charge in [0, 0.05) is 20.8 Å². The zero-order valence-corrected chi connectivity index (χ0v) is 11.7. The standard InChI is InChI=1S/C12H18O8/c1-5-9(18-6(2)13)10(19-7(3)14)11(12(16)17-5)20-8(4)15/h5,9-12,16H,1-4H3/t5-,9-,10+,11-,12?/m1/s1. The van der Waals surface area contributed by atoms with Crippen molar-refractivity contribution in [3.8, 4) is 0 Å². The van der Waals surface area contributed by atoms with Crippen molar-refractivity contribution in [1.29, 1.82) is 0 Å². The zero-order valence-electron chi connectivity index (χ0n) is 11.7. The molecule has 114 valence electrons. The second-order valence-corrected chi connectivity index (χ2v) is 4.45. The van der Waals surface area contributed by atoms with Gasteiger partial charge in [0.05, 0.1) is 6.10 Å². The molecule has 1 saturated heterocycles. The molecular weight excluding hydrogens is 272 g/mol. The summed E-state index contributed by atoms with van der Waals surface area (Å²) in [5.41, 5.74) is 0. The third-order valence-electron chi connectivity index (χ3n) is 2.65. The van der Waals surface area contributed by atoms with Gasteiger partial charge in [0.1, 0.15) is 0 Å². The number of carbonyl (C=O) groups excluding carboxylic acids is 3. The van der Waals surface area contributed by atoms with E-state index in [0.717, 1.165) is 13.8 Å². The van der Waals surface area contributed by atoms with Crippen LogP contribution >= 0.6 is 0 Å². The van der Waals surface area contributed by atoms with E-state index in [2.05, 4.69) is 0 Å². The van der Waals surface area contributed by atoms with E-state index in [1.54, 1.807) is 0 Å². The van der Waals surface area contributed by atoms with E-state index in [1.807, 2.05) is 0 Å². The van der Waals surface area contributed by atoms with Gasteiger partial charge in [0.25, 0.3) is 0 Å². The van der Waals surface area contributed by atoms with Gasteiger partial charge >= 0.3 is 17.9 Å². The van der Waals surface area contributed by atoms with E-state index in [-0.39, 0.29) is 0 Å². The number of aliphatic hydroxyl groups excluding tert-OH is 1. The number of hydrogen-bond donors (Lipinski definition) is 1.